The molecule has 0 spiro atoms. The maximum absolute atomic E-state index is 11.9. The van der Waals surface area contributed by atoms with Crippen LogP contribution < -0.4 is 5.32 Å². The molecule has 0 aliphatic carbocycles. The molecular formula is C11H21N3O3S. The second-order valence-corrected chi connectivity index (χ2v) is 7.37. The summed E-state index contributed by atoms with van der Waals surface area (Å²) in [5.41, 5.74) is 0. The fourth-order valence-electron chi connectivity index (χ4n) is 2.22. The molecule has 0 radical (unpaired) electrons. The number of nitrogens with one attached hydrogen (secondary N) is 1. The first-order chi connectivity index (χ1) is 8.46. The molecule has 7 heteroatoms. The highest BCUT2D eigenvalue weighted by Crippen LogP contribution is 2.09. The van der Waals surface area contributed by atoms with Crippen LogP contribution in [0.1, 0.15) is 0 Å². The van der Waals surface area contributed by atoms with Gasteiger partial charge in [-0.3, -0.25) is 4.79 Å². The standard InChI is InChI=1S/C11H21N3O3S/c1-13-2-4-14(5-3-13)11(15)9-18(16,17)8-10-6-12-7-10/h10,12H,2-9H2,1H3. The minimum atomic E-state index is -3.25. The third kappa shape index (κ3) is 3.66. The molecular weight excluding hydrogens is 254 g/mol. The van der Waals surface area contributed by atoms with Gasteiger partial charge in [0.1, 0.15) is 5.75 Å². The summed E-state index contributed by atoms with van der Waals surface area (Å²) in [6, 6.07) is 0. The molecule has 0 atom stereocenters. The molecule has 104 valence electrons. The molecule has 0 unspecified atom stereocenters. The van der Waals surface area contributed by atoms with Crippen LogP contribution in [0.15, 0.2) is 0 Å². The number of carbonyl (C=O) groups is 1. The van der Waals surface area contributed by atoms with E-state index in [0.29, 0.717) is 13.1 Å². The predicted molar refractivity (Wildman–Crippen MR) is 69.1 cm³/mol. The normalized spacial score (nSPS) is 22.8. The molecule has 2 rings (SSSR count). The summed E-state index contributed by atoms with van der Waals surface area (Å²) in [5, 5.41) is 3.04. The molecule has 0 aromatic carbocycles. The number of piperazine rings is 1. The lowest BCUT2D eigenvalue weighted by Gasteiger charge is -2.32. The van der Waals surface area contributed by atoms with Crippen LogP contribution in [0.25, 0.3) is 0 Å². The number of sulfone groups is 1. The van der Waals surface area contributed by atoms with E-state index in [1.807, 2.05) is 7.05 Å². The summed E-state index contributed by atoms with van der Waals surface area (Å²) in [6.07, 6.45) is 0. The number of nitrogens with zero attached hydrogens (tertiary/aromatic N) is 2. The first-order valence-electron chi connectivity index (χ1n) is 6.34. The van der Waals surface area contributed by atoms with Gasteiger partial charge in [-0.05, 0) is 13.0 Å². The second kappa shape index (κ2) is 5.54. The van der Waals surface area contributed by atoms with Gasteiger partial charge >= 0.3 is 0 Å². The second-order valence-electron chi connectivity index (χ2n) is 5.26. The van der Waals surface area contributed by atoms with Crippen molar-refractivity contribution >= 4 is 15.7 Å². The lowest BCUT2D eigenvalue weighted by molar-refractivity contribution is -0.129. The Kier molecular flexibility index (Phi) is 4.24. The monoisotopic (exact) mass is 275 g/mol. The zero-order chi connectivity index (χ0) is 13.2. The van der Waals surface area contributed by atoms with Crippen LogP contribution in [0.3, 0.4) is 0 Å². The average Bonchev–Trinajstić information content (AvgIpc) is 2.24. The van der Waals surface area contributed by atoms with Crippen molar-refractivity contribution in [3.8, 4) is 0 Å². The van der Waals surface area contributed by atoms with Crippen LogP contribution in [-0.4, -0.2) is 81.9 Å². The molecule has 2 aliphatic heterocycles. The van der Waals surface area contributed by atoms with Crippen molar-refractivity contribution < 1.29 is 13.2 Å². The smallest absolute Gasteiger partial charge is 0.237 e. The molecule has 0 saturated carbocycles. The molecule has 1 amide bonds. The minimum Gasteiger partial charge on any atom is -0.339 e. The van der Waals surface area contributed by atoms with E-state index in [1.165, 1.54) is 0 Å². The van der Waals surface area contributed by atoms with Gasteiger partial charge in [-0.15, -0.1) is 0 Å². The summed E-state index contributed by atoms with van der Waals surface area (Å²) in [7, 11) is -1.25. The van der Waals surface area contributed by atoms with Crippen LogP contribution in [0.4, 0.5) is 0 Å². The highest BCUT2D eigenvalue weighted by Gasteiger charge is 2.28. The molecule has 0 aromatic rings. The van der Waals surface area contributed by atoms with Gasteiger partial charge in [0, 0.05) is 39.3 Å². The highest BCUT2D eigenvalue weighted by atomic mass is 32.2. The van der Waals surface area contributed by atoms with Crippen molar-refractivity contribution in [1.82, 2.24) is 15.1 Å². The Morgan fingerprint density at radius 1 is 1.22 bits per heavy atom. The Morgan fingerprint density at radius 3 is 2.33 bits per heavy atom. The fourth-order valence-corrected chi connectivity index (χ4v) is 3.85. The summed E-state index contributed by atoms with van der Waals surface area (Å²) in [5.74, 6) is -0.238. The lowest BCUT2D eigenvalue weighted by atomic mass is 10.1. The van der Waals surface area contributed by atoms with E-state index in [4.69, 9.17) is 0 Å². The summed E-state index contributed by atoms with van der Waals surface area (Å²) in [6.45, 7) is 4.41. The largest absolute Gasteiger partial charge is 0.339 e. The zero-order valence-electron chi connectivity index (χ0n) is 10.8. The SMILES string of the molecule is CN1CCN(C(=O)CS(=O)(=O)CC2CNC2)CC1. The van der Waals surface area contributed by atoms with E-state index < -0.39 is 9.84 Å². The zero-order valence-corrected chi connectivity index (χ0v) is 11.6. The third-order valence-corrected chi connectivity index (χ3v) is 5.22. The highest BCUT2D eigenvalue weighted by molar-refractivity contribution is 7.92. The lowest BCUT2D eigenvalue weighted by Crippen LogP contribution is -2.50. The Bertz CT molecular complexity index is 398. The summed E-state index contributed by atoms with van der Waals surface area (Å²) >= 11 is 0. The third-order valence-electron chi connectivity index (χ3n) is 3.56. The van der Waals surface area contributed by atoms with Gasteiger partial charge in [0.15, 0.2) is 9.84 Å². The molecule has 1 N–H and O–H groups in total. The van der Waals surface area contributed by atoms with Gasteiger partial charge in [-0.1, -0.05) is 0 Å². The molecule has 6 nitrogen and oxygen atoms in total. The molecule has 0 aromatic heterocycles. The van der Waals surface area contributed by atoms with Crippen LogP contribution in [0.2, 0.25) is 0 Å². The van der Waals surface area contributed by atoms with E-state index in [0.717, 1.165) is 26.2 Å². The van der Waals surface area contributed by atoms with Crippen molar-refractivity contribution in [3.63, 3.8) is 0 Å². The maximum atomic E-state index is 11.9. The average molecular weight is 275 g/mol. The number of amides is 1. The Morgan fingerprint density at radius 2 is 1.83 bits per heavy atom. The fraction of sp³-hybridized carbons (Fsp3) is 0.909. The first kappa shape index (κ1) is 13.8. The van der Waals surface area contributed by atoms with Crippen LogP contribution in [0, 0.1) is 5.92 Å². The van der Waals surface area contributed by atoms with Gasteiger partial charge in [0.25, 0.3) is 0 Å². The van der Waals surface area contributed by atoms with Crippen molar-refractivity contribution in [3.05, 3.63) is 0 Å². The molecule has 18 heavy (non-hydrogen) atoms. The van der Waals surface area contributed by atoms with Gasteiger partial charge in [-0.2, -0.15) is 0 Å². The number of likely N-dealkylation sites (N-methyl/N-ethyl adjacent to an activating group) is 1. The number of rotatable bonds is 4. The van der Waals surface area contributed by atoms with Crippen LogP contribution in [-0.2, 0) is 14.6 Å². The van der Waals surface area contributed by atoms with Crippen LogP contribution >= 0.6 is 0 Å². The topological polar surface area (TPSA) is 69.7 Å². The van der Waals surface area contributed by atoms with E-state index >= 15 is 0 Å². The summed E-state index contributed by atoms with van der Waals surface area (Å²) < 4.78 is 23.7. The molecule has 2 aliphatic rings. The van der Waals surface area contributed by atoms with E-state index in [1.54, 1.807) is 4.90 Å². The molecule has 0 bridgehead atoms. The van der Waals surface area contributed by atoms with Crippen molar-refractivity contribution in [1.29, 1.82) is 0 Å². The van der Waals surface area contributed by atoms with Gasteiger partial charge in [-0.25, -0.2) is 8.42 Å². The predicted octanol–water partition coefficient (Wildman–Crippen LogP) is -1.61. The molecule has 2 fully saturated rings. The quantitative estimate of drug-likeness (QED) is 0.669. The van der Waals surface area contributed by atoms with Gasteiger partial charge < -0.3 is 15.1 Å². The van der Waals surface area contributed by atoms with E-state index in [2.05, 4.69) is 10.2 Å². The Labute approximate surface area is 108 Å². The maximum Gasteiger partial charge on any atom is 0.237 e. The Balaban J connectivity index is 1.82. The minimum absolute atomic E-state index is 0.138. The van der Waals surface area contributed by atoms with Crippen molar-refractivity contribution in [2.75, 3.05) is 57.8 Å². The summed E-state index contributed by atoms with van der Waals surface area (Å²) in [4.78, 5) is 15.7. The molecule has 2 heterocycles. The first-order valence-corrected chi connectivity index (χ1v) is 8.16. The number of hydrogen-bond donors (Lipinski definition) is 1. The van der Waals surface area contributed by atoms with Gasteiger partial charge in [0.2, 0.25) is 5.91 Å². The Hall–Kier alpha value is -0.660. The van der Waals surface area contributed by atoms with Gasteiger partial charge in [0.05, 0.1) is 5.75 Å². The van der Waals surface area contributed by atoms with Crippen LogP contribution in [0.5, 0.6) is 0 Å². The van der Waals surface area contributed by atoms with E-state index in [9.17, 15) is 13.2 Å². The van der Waals surface area contributed by atoms with Crippen molar-refractivity contribution in [2.45, 2.75) is 0 Å². The number of hydrogen-bond acceptors (Lipinski definition) is 5. The number of carbonyl (C=O) groups excluding carboxylic acids is 1. The van der Waals surface area contributed by atoms with Crippen molar-refractivity contribution in [2.24, 2.45) is 5.92 Å². The molecule has 2 saturated heterocycles. The van der Waals surface area contributed by atoms with E-state index in [-0.39, 0.29) is 23.3 Å².